The number of aromatic nitrogens is 1. The number of hydrogen-bond donors (Lipinski definition) is 0. The lowest BCUT2D eigenvalue weighted by Gasteiger charge is -2.21. The van der Waals surface area contributed by atoms with Crippen molar-refractivity contribution >= 4 is 17.0 Å². The molecule has 0 fully saturated rings. The summed E-state index contributed by atoms with van der Waals surface area (Å²) in [5.41, 5.74) is 4.33. The first-order chi connectivity index (χ1) is 13.6. The van der Waals surface area contributed by atoms with Gasteiger partial charge >= 0.3 is 0 Å². The van der Waals surface area contributed by atoms with Crippen LogP contribution in [-0.2, 0) is 6.54 Å². The van der Waals surface area contributed by atoms with Crippen molar-refractivity contribution in [2.45, 2.75) is 33.2 Å². The zero-order valence-electron chi connectivity index (χ0n) is 16.3. The average Bonchev–Trinajstić information content (AvgIpc) is 3.19. The molecule has 0 amide bonds. The van der Waals surface area contributed by atoms with Gasteiger partial charge in [0.25, 0.3) is 5.69 Å². The van der Waals surface area contributed by atoms with E-state index in [9.17, 15) is 10.1 Å². The van der Waals surface area contributed by atoms with Crippen LogP contribution in [0, 0.1) is 10.1 Å². The van der Waals surface area contributed by atoms with E-state index in [1.165, 1.54) is 30.5 Å². The SMILES string of the molecule is CCCN(CCC)Cc1ccc(-c2csc(-c3ccc([N+](=O)[O-])cc3)n2)cc1. The van der Waals surface area contributed by atoms with E-state index in [-0.39, 0.29) is 10.6 Å². The number of benzene rings is 2. The summed E-state index contributed by atoms with van der Waals surface area (Å²) in [6, 6.07) is 15.1. The highest BCUT2D eigenvalue weighted by atomic mass is 32.1. The molecule has 0 saturated carbocycles. The van der Waals surface area contributed by atoms with Gasteiger partial charge in [0.05, 0.1) is 10.6 Å². The maximum absolute atomic E-state index is 10.8. The van der Waals surface area contributed by atoms with Gasteiger partial charge in [-0.1, -0.05) is 38.1 Å². The van der Waals surface area contributed by atoms with E-state index in [4.69, 9.17) is 4.98 Å². The van der Waals surface area contributed by atoms with Crippen LogP contribution in [-0.4, -0.2) is 27.9 Å². The minimum Gasteiger partial charge on any atom is -0.299 e. The highest BCUT2D eigenvalue weighted by Gasteiger charge is 2.10. The molecule has 0 unspecified atom stereocenters. The van der Waals surface area contributed by atoms with Crippen molar-refractivity contribution in [1.29, 1.82) is 0 Å². The molecule has 2 aromatic carbocycles. The van der Waals surface area contributed by atoms with Crippen LogP contribution in [0.1, 0.15) is 32.3 Å². The van der Waals surface area contributed by atoms with E-state index in [1.807, 2.05) is 5.38 Å². The normalized spacial score (nSPS) is 11.1. The zero-order valence-corrected chi connectivity index (χ0v) is 17.1. The molecule has 6 heteroatoms. The van der Waals surface area contributed by atoms with Crippen LogP contribution in [0.3, 0.4) is 0 Å². The second-order valence-electron chi connectivity index (χ2n) is 6.81. The standard InChI is InChI=1S/C22H25N3O2S/c1-3-13-24(14-4-2)15-17-5-7-18(8-6-17)21-16-28-22(23-21)19-9-11-20(12-10-19)25(26)27/h5-12,16H,3-4,13-15H2,1-2H3. The first-order valence-corrected chi connectivity index (χ1v) is 10.5. The minimum absolute atomic E-state index is 0.0938. The van der Waals surface area contributed by atoms with Gasteiger partial charge < -0.3 is 0 Å². The van der Waals surface area contributed by atoms with Crippen molar-refractivity contribution in [2.24, 2.45) is 0 Å². The molecule has 0 spiro atoms. The molecule has 3 aromatic rings. The van der Waals surface area contributed by atoms with Crippen LogP contribution in [0.4, 0.5) is 5.69 Å². The van der Waals surface area contributed by atoms with E-state index in [0.29, 0.717) is 0 Å². The molecule has 146 valence electrons. The second kappa shape index (κ2) is 9.57. The quantitative estimate of drug-likeness (QED) is 0.329. The van der Waals surface area contributed by atoms with Gasteiger partial charge in [0, 0.05) is 35.2 Å². The van der Waals surface area contributed by atoms with Gasteiger partial charge in [-0.05, 0) is 43.6 Å². The summed E-state index contributed by atoms with van der Waals surface area (Å²) < 4.78 is 0. The Morgan fingerprint density at radius 3 is 2.14 bits per heavy atom. The van der Waals surface area contributed by atoms with Crippen molar-refractivity contribution in [2.75, 3.05) is 13.1 Å². The smallest absolute Gasteiger partial charge is 0.269 e. The number of non-ortho nitro benzene ring substituents is 1. The van der Waals surface area contributed by atoms with Crippen LogP contribution < -0.4 is 0 Å². The van der Waals surface area contributed by atoms with Crippen molar-refractivity contribution in [3.05, 3.63) is 69.6 Å². The van der Waals surface area contributed by atoms with Crippen LogP contribution in [0.5, 0.6) is 0 Å². The van der Waals surface area contributed by atoms with Gasteiger partial charge in [0.15, 0.2) is 0 Å². The predicted octanol–water partition coefficient (Wildman–Crippen LogP) is 6.01. The van der Waals surface area contributed by atoms with Crippen molar-refractivity contribution in [3.8, 4) is 21.8 Å². The molecular weight excluding hydrogens is 370 g/mol. The zero-order chi connectivity index (χ0) is 19.9. The first kappa shape index (κ1) is 20.2. The third-order valence-corrected chi connectivity index (χ3v) is 5.46. The fourth-order valence-corrected chi connectivity index (χ4v) is 4.04. The topological polar surface area (TPSA) is 59.3 Å². The minimum atomic E-state index is -0.388. The third kappa shape index (κ3) is 5.03. The van der Waals surface area contributed by atoms with E-state index < -0.39 is 0 Å². The monoisotopic (exact) mass is 395 g/mol. The molecule has 1 heterocycles. The van der Waals surface area contributed by atoms with Gasteiger partial charge in [0.1, 0.15) is 5.01 Å². The summed E-state index contributed by atoms with van der Waals surface area (Å²) in [6.45, 7) is 7.67. The largest absolute Gasteiger partial charge is 0.299 e. The number of nitro benzene ring substituents is 1. The van der Waals surface area contributed by atoms with Crippen molar-refractivity contribution in [1.82, 2.24) is 9.88 Å². The Kier molecular flexibility index (Phi) is 6.90. The molecule has 0 radical (unpaired) electrons. The number of nitro groups is 1. The fraction of sp³-hybridized carbons (Fsp3) is 0.318. The van der Waals surface area contributed by atoms with Crippen LogP contribution in [0.25, 0.3) is 21.8 Å². The van der Waals surface area contributed by atoms with Gasteiger partial charge in [-0.15, -0.1) is 11.3 Å². The Labute approximate surface area is 169 Å². The Morgan fingerprint density at radius 2 is 1.57 bits per heavy atom. The summed E-state index contributed by atoms with van der Waals surface area (Å²) in [6.07, 6.45) is 2.34. The number of thiazole rings is 1. The Bertz CT molecular complexity index is 898. The van der Waals surface area contributed by atoms with Crippen molar-refractivity contribution in [3.63, 3.8) is 0 Å². The van der Waals surface area contributed by atoms with Crippen molar-refractivity contribution < 1.29 is 4.92 Å². The van der Waals surface area contributed by atoms with E-state index in [2.05, 4.69) is 43.0 Å². The lowest BCUT2D eigenvalue weighted by molar-refractivity contribution is -0.384. The van der Waals surface area contributed by atoms with E-state index in [0.717, 1.165) is 41.5 Å². The third-order valence-electron chi connectivity index (χ3n) is 4.56. The lowest BCUT2D eigenvalue weighted by atomic mass is 10.1. The Balaban J connectivity index is 1.71. The van der Waals surface area contributed by atoms with Gasteiger partial charge in [0.2, 0.25) is 0 Å². The van der Waals surface area contributed by atoms with E-state index in [1.54, 1.807) is 23.5 Å². The van der Waals surface area contributed by atoms with Gasteiger partial charge in [-0.3, -0.25) is 15.0 Å². The van der Waals surface area contributed by atoms with Gasteiger partial charge in [-0.25, -0.2) is 4.98 Å². The molecule has 0 saturated heterocycles. The van der Waals surface area contributed by atoms with Crippen LogP contribution in [0.2, 0.25) is 0 Å². The summed E-state index contributed by atoms with van der Waals surface area (Å²) in [4.78, 5) is 17.6. The lowest BCUT2D eigenvalue weighted by Crippen LogP contribution is -2.24. The number of rotatable bonds is 9. The highest BCUT2D eigenvalue weighted by molar-refractivity contribution is 7.13. The second-order valence-corrected chi connectivity index (χ2v) is 7.67. The highest BCUT2D eigenvalue weighted by Crippen LogP contribution is 2.30. The molecule has 1 aromatic heterocycles. The van der Waals surface area contributed by atoms with Crippen LogP contribution >= 0.6 is 11.3 Å². The summed E-state index contributed by atoms with van der Waals surface area (Å²) in [5.74, 6) is 0. The molecule has 3 rings (SSSR count). The maximum Gasteiger partial charge on any atom is 0.269 e. The molecule has 0 N–H and O–H groups in total. The van der Waals surface area contributed by atoms with Crippen LogP contribution in [0.15, 0.2) is 53.9 Å². The summed E-state index contributed by atoms with van der Waals surface area (Å²) in [7, 11) is 0. The molecule has 0 aliphatic heterocycles. The molecule has 0 atom stereocenters. The molecule has 5 nitrogen and oxygen atoms in total. The first-order valence-electron chi connectivity index (χ1n) is 9.62. The molecule has 0 bridgehead atoms. The average molecular weight is 396 g/mol. The Morgan fingerprint density at radius 1 is 0.964 bits per heavy atom. The molecule has 28 heavy (non-hydrogen) atoms. The fourth-order valence-electron chi connectivity index (χ4n) is 3.21. The molecule has 0 aliphatic rings. The summed E-state index contributed by atoms with van der Waals surface area (Å²) >= 11 is 1.55. The number of nitrogens with zero attached hydrogens (tertiary/aromatic N) is 3. The predicted molar refractivity (Wildman–Crippen MR) is 115 cm³/mol. The molecule has 0 aliphatic carbocycles. The van der Waals surface area contributed by atoms with E-state index >= 15 is 0 Å². The number of hydrogen-bond acceptors (Lipinski definition) is 5. The summed E-state index contributed by atoms with van der Waals surface area (Å²) in [5, 5.41) is 13.7. The maximum atomic E-state index is 10.8. The molecular formula is C22H25N3O2S. The Hall–Kier alpha value is -2.57. The van der Waals surface area contributed by atoms with Gasteiger partial charge in [-0.2, -0.15) is 0 Å².